The van der Waals surface area contributed by atoms with Crippen molar-refractivity contribution in [1.29, 1.82) is 0 Å². The Morgan fingerprint density at radius 2 is 1.38 bits per heavy atom. The highest BCUT2D eigenvalue weighted by Crippen LogP contribution is 2.46. The summed E-state index contributed by atoms with van der Waals surface area (Å²) in [6, 6.07) is 10.8. The van der Waals surface area contributed by atoms with E-state index in [1.54, 1.807) is 31.4 Å². The van der Waals surface area contributed by atoms with Crippen molar-refractivity contribution in [1.82, 2.24) is 4.31 Å². The Kier molecular flexibility index (Phi) is 8.05. The number of sulfonamides is 1. The predicted molar refractivity (Wildman–Crippen MR) is 139 cm³/mol. The minimum atomic E-state index is -3.70. The molecule has 0 aliphatic carbocycles. The van der Waals surface area contributed by atoms with E-state index < -0.39 is 18.3 Å². The molecule has 0 saturated carbocycles. The van der Waals surface area contributed by atoms with Gasteiger partial charge in [-0.25, -0.2) is 8.42 Å². The molecule has 0 amide bonds. The van der Waals surface area contributed by atoms with Crippen molar-refractivity contribution in [3.8, 4) is 17.2 Å². The summed E-state index contributed by atoms with van der Waals surface area (Å²) in [6.07, 6.45) is 0.615. The monoisotopic (exact) mass is 505 g/mol. The number of ether oxygens (including phenoxy) is 2. The average molecular weight is 506 g/mol. The maximum absolute atomic E-state index is 13.4. The number of fused-ring (bicyclic) bond motifs is 1. The highest BCUT2D eigenvalue weighted by molar-refractivity contribution is 7.89. The summed E-state index contributed by atoms with van der Waals surface area (Å²) >= 11 is 0. The van der Waals surface area contributed by atoms with Gasteiger partial charge in [0.25, 0.3) is 8.32 Å². The van der Waals surface area contributed by atoms with E-state index >= 15 is 0 Å². The third-order valence-corrected chi connectivity index (χ3v) is 15.0. The molecule has 1 aliphatic heterocycles. The Morgan fingerprint density at radius 1 is 0.824 bits per heavy atom. The largest absolute Gasteiger partial charge is 0.540 e. The zero-order valence-electron chi connectivity index (χ0n) is 21.7. The van der Waals surface area contributed by atoms with Crippen LogP contribution in [0.25, 0.3) is 0 Å². The molecular weight excluding hydrogens is 466 g/mol. The first-order valence-electron chi connectivity index (χ1n) is 12.0. The van der Waals surface area contributed by atoms with Crippen LogP contribution in [-0.4, -0.2) is 41.8 Å². The van der Waals surface area contributed by atoms with Gasteiger partial charge in [-0.15, -0.1) is 0 Å². The fourth-order valence-electron chi connectivity index (χ4n) is 5.50. The molecule has 0 radical (unpaired) electrons. The molecule has 0 aromatic heterocycles. The van der Waals surface area contributed by atoms with Crippen LogP contribution >= 0.6 is 0 Å². The molecule has 188 valence electrons. The SMILES string of the molecule is COc1cc2c(cc1O[Si](C(C)C)(C(C)C)C(C)C)CCN(S(=O)(=O)c1ccccc1OC)C2. The first-order chi connectivity index (χ1) is 16.0. The summed E-state index contributed by atoms with van der Waals surface area (Å²) < 4.78 is 46.3. The summed E-state index contributed by atoms with van der Waals surface area (Å²) in [4.78, 5) is 0.189. The number of hydrogen-bond acceptors (Lipinski definition) is 5. The Balaban J connectivity index is 1.98. The number of methoxy groups -OCH3 is 2. The van der Waals surface area contributed by atoms with Crippen molar-refractivity contribution in [2.24, 2.45) is 0 Å². The second kappa shape index (κ2) is 10.3. The lowest BCUT2D eigenvalue weighted by atomic mass is 10.0. The third-order valence-electron chi connectivity index (χ3n) is 7.14. The summed E-state index contributed by atoms with van der Waals surface area (Å²) in [7, 11) is -2.73. The molecule has 34 heavy (non-hydrogen) atoms. The third kappa shape index (κ3) is 4.72. The number of para-hydroxylation sites is 1. The van der Waals surface area contributed by atoms with Gasteiger partial charge in [-0.3, -0.25) is 0 Å². The van der Waals surface area contributed by atoms with Gasteiger partial charge in [0.1, 0.15) is 16.4 Å². The van der Waals surface area contributed by atoms with Gasteiger partial charge in [-0.2, -0.15) is 4.31 Å². The molecule has 0 unspecified atom stereocenters. The van der Waals surface area contributed by atoms with Crippen LogP contribution < -0.4 is 13.9 Å². The average Bonchev–Trinajstić information content (AvgIpc) is 2.80. The first kappa shape index (κ1) is 26.6. The van der Waals surface area contributed by atoms with E-state index in [4.69, 9.17) is 13.9 Å². The Hall–Kier alpha value is -2.03. The van der Waals surface area contributed by atoms with Gasteiger partial charge in [0.15, 0.2) is 5.75 Å². The van der Waals surface area contributed by atoms with E-state index in [0.717, 1.165) is 16.9 Å². The van der Waals surface area contributed by atoms with Crippen LogP contribution in [0.15, 0.2) is 41.3 Å². The molecule has 0 fully saturated rings. The minimum Gasteiger partial charge on any atom is -0.540 e. The van der Waals surface area contributed by atoms with E-state index in [-0.39, 0.29) is 11.4 Å². The van der Waals surface area contributed by atoms with E-state index in [2.05, 4.69) is 47.6 Å². The molecule has 2 aromatic carbocycles. The van der Waals surface area contributed by atoms with Crippen LogP contribution in [0.1, 0.15) is 52.7 Å². The maximum Gasteiger partial charge on any atom is 0.258 e. The van der Waals surface area contributed by atoms with Crippen LogP contribution in [0.4, 0.5) is 0 Å². The molecule has 3 rings (SSSR count). The van der Waals surface area contributed by atoms with Crippen LogP contribution in [0.3, 0.4) is 0 Å². The lowest BCUT2D eigenvalue weighted by Gasteiger charge is -2.42. The van der Waals surface area contributed by atoms with Crippen LogP contribution in [0.2, 0.25) is 16.6 Å². The standard InChI is InChI=1S/C26H39NO5SSi/c1-18(2)34(19(3)4,20(5)6)32-25-15-21-13-14-27(17-22(21)16-24(25)31-8)33(28,29)26-12-10-9-11-23(26)30-7/h9-12,15-16,18-20H,13-14,17H2,1-8H3. The number of hydrogen-bond donors (Lipinski definition) is 0. The predicted octanol–water partition coefficient (Wildman–Crippen LogP) is 6.01. The Morgan fingerprint density at radius 3 is 1.94 bits per heavy atom. The van der Waals surface area contributed by atoms with Crippen LogP contribution in [0, 0.1) is 0 Å². The van der Waals surface area contributed by atoms with Crippen molar-refractivity contribution in [3.05, 3.63) is 47.5 Å². The molecule has 2 aromatic rings. The van der Waals surface area contributed by atoms with Gasteiger partial charge in [0.2, 0.25) is 10.0 Å². The normalized spacial score (nSPS) is 15.0. The lowest BCUT2D eigenvalue weighted by molar-refractivity contribution is 0.366. The van der Waals surface area contributed by atoms with E-state index in [1.165, 1.54) is 11.4 Å². The molecular formula is C26H39NO5SSi. The molecule has 0 bridgehead atoms. The Bertz CT molecular complexity index is 1090. The fourth-order valence-corrected chi connectivity index (χ4v) is 12.3. The molecule has 0 atom stereocenters. The molecule has 1 aliphatic rings. The first-order valence-corrected chi connectivity index (χ1v) is 15.6. The van der Waals surface area contributed by atoms with Crippen LogP contribution in [0.5, 0.6) is 17.2 Å². The topological polar surface area (TPSA) is 65.1 Å². The highest BCUT2D eigenvalue weighted by Gasteiger charge is 2.47. The molecule has 1 heterocycles. The molecule has 0 saturated heterocycles. The van der Waals surface area contributed by atoms with Gasteiger partial charge >= 0.3 is 0 Å². The fraction of sp³-hybridized carbons (Fsp3) is 0.538. The second-order valence-electron chi connectivity index (χ2n) is 9.93. The minimum absolute atomic E-state index is 0.189. The number of benzene rings is 2. The molecule has 0 spiro atoms. The number of nitrogens with zero attached hydrogens (tertiary/aromatic N) is 1. The zero-order chi connectivity index (χ0) is 25.3. The summed E-state index contributed by atoms with van der Waals surface area (Å²) in [5, 5.41) is 0. The van der Waals surface area contributed by atoms with Gasteiger partial charge in [-0.05, 0) is 58.4 Å². The van der Waals surface area contributed by atoms with E-state index in [1.807, 2.05) is 6.07 Å². The van der Waals surface area contributed by atoms with Crippen LogP contribution in [-0.2, 0) is 23.0 Å². The smallest absolute Gasteiger partial charge is 0.258 e. The van der Waals surface area contributed by atoms with Crippen molar-refractivity contribution < 1.29 is 22.3 Å². The van der Waals surface area contributed by atoms with Gasteiger partial charge in [-0.1, -0.05) is 53.7 Å². The summed E-state index contributed by atoms with van der Waals surface area (Å²) in [5.41, 5.74) is 3.38. The molecule has 8 heteroatoms. The van der Waals surface area contributed by atoms with Crippen molar-refractivity contribution in [2.75, 3.05) is 20.8 Å². The number of rotatable bonds is 9. The van der Waals surface area contributed by atoms with Crippen molar-refractivity contribution >= 4 is 18.3 Å². The van der Waals surface area contributed by atoms with Gasteiger partial charge < -0.3 is 13.9 Å². The van der Waals surface area contributed by atoms with Crippen molar-refractivity contribution in [2.45, 2.75) is 76.0 Å². The lowest BCUT2D eigenvalue weighted by Crippen LogP contribution is -2.50. The second-order valence-corrected chi connectivity index (χ2v) is 17.2. The molecule has 6 nitrogen and oxygen atoms in total. The summed E-state index contributed by atoms with van der Waals surface area (Å²) in [5.74, 6) is 1.80. The van der Waals surface area contributed by atoms with Gasteiger partial charge in [0.05, 0.1) is 14.2 Å². The highest BCUT2D eigenvalue weighted by atomic mass is 32.2. The Labute approximate surface area is 206 Å². The molecule has 0 N–H and O–H groups in total. The maximum atomic E-state index is 13.4. The zero-order valence-corrected chi connectivity index (χ0v) is 23.5. The van der Waals surface area contributed by atoms with Gasteiger partial charge in [0, 0.05) is 13.1 Å². The quantitative estimate of drug-likeness (QED) is 0.391. The van der Waals surface area contributed by atoms with E-state index in [9.17, 15) is 8.42 Å². The summed E-state index contributed by atoms with van der Waals surface area (Å²) in [6.45, 7) is 14.3. The van der Waals surface area contributed by atoms with E-state index in [0.29, 0.717) is 41.1 Å². The van der Waals surface area contributed by atoms with Crippen molar-refractivity contribution in [3.63, 3.8) is 0 Å².